The van der Waals surface area contributed by atoms with Gasteiger partial charge in [-0.2, -0.15) is 0 Å². The predicted molar refractivity (Wildman–Crippen MR) is 75.5 cm³/mol. The Bertz CT molecular complexity index is 490. The number of carbonyl (C=O) groups excluding carboxylic acids is 1. The lowest BCUT2D eigenvalue weighted by molar-refractivity contribution is -0.146. The van der Waals surface area contributed by atoms with Crippen LogP contribution < -0.4 is 9.64 Å². The van der Waals surface area contributed by atoms with Gasteiger partial charge < -0.3 is 14.7 Å². The van der Waals surface area contributed by atoms with Gasteiger partial charge >= 0.3 is 5.97 Å². The van der Waals surface area contributed by atoms with E-state index in [-0.39, 0.29) is 6.42 Å². The molecule has 5 nitrogen and oxygen atoms in total. The molecule has 6 heteroatoms. The lowest BCUT2D eigenvalue weighted by Gasteiger charge is -2.23. The quantitative estimate of drug-likeness (QED) is 0.843. The molecule has 1 aromatic carbocycles. The number of hydrogen-bond donors (Lipinski definition) is 1. The lowest BCUT2D eigenvalue weighted by atomic mass is 10.1. The largest absolute Gasteiger partial charge is 0.495 e. The molecule has 0 radical (unpaired) electrons. The second kappa shape index (κ2) is 6.56. The van der Waals surface area contributed by atoms with Crippen LogP contribution in [0.4, 0.5) is 5.69 Å². The Morgan fingerprint density at radius 1 is 1.47 bits per heavy atom. The number of amides is 1. The molecule has 1 unspecified atom stereocenters. The van der Waals surface area contributed by atoms with Crippen molar-refractivity contribution in [1.29, 1.82) is 0 Å². The maximum atomic E-state index is 12.2. The maximum absolute atomic E-state index is 12.2. The van der Waals surface area contributed by atoms with Crippen molar-refractivity contribution >= 4 is 33.5 Å². The molecule has 0 heterocycles. The third-order valence-electron chi connectivity index (χ3n) is 2.84. The van der Waals surface area contributed by atoms with E-state index in [0.29, 0.717) is 11.4 Å². The average Bonchev–Trinajstić information content (AvgIpc) is 2.38. The Kier molecular flexibility index (Phi) is 5.35. The van der Waals surface area contributed by atoms with E-state index in [9.17, 15) is 9.59 Å². The Balaban J connectivity index is 3.12. The van der Waals surface area contributed by atoms with Crippen LogP contribution in [0.1, 0.15) is 13.3 Å². The number of nitrogens with zero attached hydrogens (tertiary/aromatic N) is 1. The predicted octanol–water partition coefficient (Wildman–Crippen LogP) is 2.53. The molecule has 1 aromatic rings. The van der Waals surface area contributed by atoms with Crippen molar-refractivity contribution in [1.82, 2.24) is 0 Å². The first kappa shape index (κ1) is 15.5. The molecule has 1 amide bonds. The summed E-state index contributed by atoms with van der Waals surface area (Å²) >= 11 is 3.32. The Hall–Kier alpha value is -1.56. The summed E-state index contributed by atoms with van der Waals surface area (Å²) in [5.41, 5.74) is 0.529. The molecule has 0 aromatic heterocycles. The number of methoxy groups -OCH3 is 1. The number of halogens is 1. The van der Waals surface area contributed by atoms with E-state index in [4.69, 9.17) is 9.84 Å². The molecule has 19 heavy (non-hydrogen) atoms. The average molecular weight is 330 g/mol. The third-order valence-corrected chi connectivity index (χ3v) is 3.33. The van der Waals surface area contributed by atoms with Crippen LogP contribution in [0.2, 0.25) is 0 Å². The molecule has 0 bridgehead atoms. The van der Waals surface area contributed by atoms with Crippen molar-refractivity contribution in [3.05, 3.63) is 22.7 Å². The van der Waals surface area contributed by atoms with E-state index in [2.05, 4.69) is 15.9 Å². The number of carboxylic acids is 1. The van der Waals surface area contributed by atoms with Crippen molar-refractivity contribution in [3.63, 3.8) is 0 Å². The Morgan fingerprint density at radius 3 is 2.58 bits per heavy atom. The topological polar surface area (TPSA) is 66.8 Å². The second-order valence-electron chi connectivity index (χ2n) is 4.01. The maximum Gasteiger partial charge on any atom is 0.316 e. The van der Waals surface area contributed by atoms with Crippen molar-refractivity contribution < 1.29 is 19.4 Å². The molecule has 1 rings (SSSR count). The first-order valence-corrected chi connectivity index (χ1v) is 6.55. The fraction of sp³-hybridized carbons (Fsp3) is 0.385. The van der Waals surface area contributed by atoms with E-state index in [1.807, 2.05) is 0 Å². The normalized spacial score (nSPS) is 11.8. The fourth-order valence-corrected chi connectivity index (χ4v) is 2.08. The van der Waals surface area contributed by atoms with Gasteiger partial charge in [-0.25, -0.2) is 0 Å². The molecule has 0 aliphatic rings. The van der Waals surface area contributed by atoms with Gasteiger partial charge in [0, 0.05) is 11.5 Å². The fourth-order valence-electron chi connectivity index (χ4n) is 1.73. The van der Waals surface area contributed by atoms with Crippen LogP contribution in [0.3, 0.4) is 0 Å². The van der Waals surface area contributed by atoms with Crippen LogP contribution in [0, 0.1) is 5.92 Å². The van der Waals surface area contributed by atoms with Gasteiger partial charge in [-0.15, -0.1) is 0 Å². The van der Waals surface area contributed by atoms with Crippen molar-refractivity contribution in [2.45, 2.75) is 13.3 Å². The summed E-state index contributed by atoms with van der Waals surface area (Å²) in [6.07, 6.45) is 0.245. The summed E-state index contributed by atoms with van der Waals surface area (Å²) in [4.78, 5) is 24.5. The van der Waals surface area contributed by atoms with Gasteiger partial charge in [0.2, 0.25) is 5.91 Å². The van der Waals surface area contributed by atoms with Gasteiger partial charge in [0.05, 0.1) is 12.8 Å². The SMILES string of the molecule is CCC(C(=O)O)C(=O)N(C)c1cc(Br)ccc1OC. The number of carboxylic acid groups (broad SMARTS) is 1. The summed E-state index contributed by atoms with van der Waals surface area (Å²) in [6.45, 7) is 1.67. The zero-order valence-corrected chi connectivity index (χ0v) is 12.6. The van der Waals surface area contributed by atoms with Gasteiger partial charge in [0.25, 0.3) is 0 Å². The molecule has 0 aliphatic heterocycles. The van der Waals surface area contributed by atoms with Gasteiger partial charge in [-0.05, 0) is 24.6 Å². The highest BCUT2D eigenvalue weighted by atomic mass is 79.9. The van der Waals surface area contributed by atoms with E-state index in [1.165, 1.54) is 19.1 Å². The first-order valence-electron chi connectivity index (χ1n) is 5.76. The monoisotopic (exact) mass is 329 g/mol. The highest BCUT2D eigenvalue weighted by Crippen LogP contribution is 2.31. The molecule has 0 aliphatic carbocycles. The minimum Gasteiger partial charge on any atom is -0.495 e. The van der Waals surface area contributed by atoms with Crippen LogP contribution >= 0.6 is 15.9 Å². The van der Waals surface area contributed by atoms with Crippen LogP contribution in [0.5, 0.6) is 5.75 Å². The Labute approximate surface area is 120 Å². The molecule has 1 atom stereocenters. The zero-order chi connectivity index (χ0) is 14.6. The van der Waals surface area contributed by atoms with E-state index in [0.717, 1.165) is 4.47 Å². The minimum atomic E-state index is -1.12. The number of aliphatic carboxylic acids is 1. The minimum absolute atomic E-state index is 0.245. The number of ether oxygens (including phenoxy) is 1. The van der Waals surface area contributed by atoms with Crippen LogP contribution in [0.25, 0.3) is 0 Å². The van der Waals surface area contributed by atoms with Crippen LogP contribution in [0.15, 0.2) is 22.7 Å². The van der Waals surface area contributed by atoms with Crippen molar-refractivity contribution in [2.75, 3.05) is 19.1 Å². The van der Waals surface area contributed by atoms with E-state index >= 15 is 0 Å². The summed E-state index contributed by atoms with van der Waals surface area (Å²) in [5, 5.41) is 9.03. The molecular weight excluding hydrogens is 314 g/mol. The zero-order valence-electron chi connectivity index (χ0n) is 11.0. The number of carbonyl (C=O) groups is 2. The standard InChI is InChI=1S/C13H16BrNO4/c1-4-9(13(17)18)12(16)15(2)10-7-8(14)5-6-11(10)19-3/h5-7,9H,4H2,1-3H3,(H,17,18). The van der Waals surface area contributed by atoms with Crippen LogP contribution in [-0.4, -0.2) is 31.1 Å². The highest BCUT2D eigenvalue weighted by molar-refractivity contribution is 9.10. The van der Waals surface area contributed by atoms with Crippen molar-refractivity contribution in [2.24, 2.45) is 5.92 Å². The highest BCUT2D eigenvalue weighted by Gasteiger charge is 2.29. The van der Waals surface area contributed by atoms with E-state index in [1.54, 1.807) is 25.1 Å². The first-order chi connectivity index (χ1) is 8.92. The molecular formula is C13H16BrNO4. The van der Waals surface area contributed by atoms with Gasteiger partial charge in [0.1, 0.15) is 11.7 Å². The molecule has 0 saturated carbocycles. The number of hydrogen-bond acceptors (Lipinski definition) is 3. The lowest BCUT2D eigenvalue weighted by Crippen LogP contribution is -2.36. The second-order valence-corrected chi connectivity index (χ2v) is 4.93. The molecule has 0 spiro atoms. The summed E-state index contributed by atoms with van der Waals surface area (Å²) in [7, 11) is 3.04. The van der Waals surface area contributed by atoms with Gasteiger partial charge in [-0.3, -0.25) is 9.59 Å². The number of benzene rings is 1. The molecule has 0 saturated heterocycles. The summed E-state index contributed by atoms with van der Waals surface area (Å²) in [6, 6.07) is 5.21. The van der Waals surface area contributed by atoms with Gasteiger partial charge in [-0.1, -0.05) is 22.9 Å². The summed E-state index contributed by atoms with van der Waals surface area (Å²) < 4.78 is 5.97. The van der Waals surface area contributed by atoms with Crippen molar-refractivity contribution in [3.8, 4) is 5.75 Å². The number of anilines is 1. The van der Waals surface area contributed by atoms with Crippen LogP contribution in [-0.2, 0) is 9.59 Å². The molecule has 0 fully saturated rings. The smallest absolute Gasteiger partial charge is 0.316 e. The Morgan fingerprint density at radius 2 is 2.11 bits per heavy atom. The summed E-state index contributed by atoms with van der Waals surface area (Å²) in [5.74, 6) is -2.12. The van der Waals surface area contributed by atoms with Gasteiger partial charge in [0.15, 0.2) is 0 Å². The third kappa shape index (κ3) is 3.47. The van der Waals surface area contributed by atoms with E-state index < -0.39 is 17.8 Å². The molecule has 1 N–H and O–H groups in total. The molecule has 104 valence electrons. The number of rotatable bonds is 5.